The van der Waals surface area contributed by atoms with Crippen LogP contribution in [-0.2, 0) is 18.6 Å². The van der Waals surface area contributed by atoms with Crippen molar-refractivity contribution in [3.8, 4) is 5.75 Å². The van der Waals surface area contributed by atoms with Crippen molar-refractivity contribution in [2.45, 2.75) is 38.8 Å². The van der Waals surface area contributed by atoms with E-state index in [2.05, 4.69) is 4.98 Å². The molecule has 0 bridgehead atoms. The quantitative estimate of drug-likeness (QED) is 0.935. The Balaban J connectivity index is 2.03. The van der Waals surface area contributed by atoms with Crippen molar-refractivity contribution in [2.24, 2.45) is 0 Å². The molecule has 0 saturated carbocycles. The van der Waals surface area contributed by atoms with E-state index in [-0.39, 0.29) is 23.5 Å². The third kappa shape index (κ3) is 2.72. The average Bonchev–Trinajstić information content (AvgIpc) is 2.82. The van der Waals surface area contributed by atoms with Crippen molar-refractivity contribution in [2.75, 3.05) is 0 Å². The minimum absolute atomic E-state index is 0.126. The number of carboxylic acid groups (broad SMARTS) is 1. The van der Waals surface area contributed by atoms with Gasteiger partial charge in [0, 0.05) is 12.0 Å². The first-order chi connectivity index (χ1) is 10.9. The van der Waals surface area contributed by atoms with Gasteiger partial charge in [0.1, 0.15) is 12.4 Å². The van der Waals surface area contributed by atoms with Gasteiger partial charge in [0.15, 0.2) is 5.69 Å². The number of hydrogen-bond donors (Lipinski definition) is 1. The van der Waals surface area contributed by atoms with Gasteiger partial charge in [-0.15, -0.1) is 0 Å². The van der Waals surface area contributed by atoms with Gasteiger partial charge in [0.2, 0.25) is 5.75 Å². The Morgan fingerprint density at radius 2 is 2.04 bits per heavy atom. The third-order valence-corrected chi connectivity index (χ3v) is 4.12. The number of aromatic carboxylic acids is 1. The zero-order valence-electron chi connectivity index (χ0n) is 13.1. The second kappa shape index (κ2) is 5.53. The smallest absolute Gasteiger partial charge is 0.358 e. The Kier molecular flexibility index (Phi) is 3.67. The van der Waals surface area contributed by atoms with Crippen LogP contribution in [0, 0.1) is 0 Å². The molecule has 1 aliphatic rings. The van der Waals surface area contributed by atoms with Crippen molar-refractivity contribution in [3.63, 3.8) is 0 Å². The maximum absolute atomic E-state index is 12.6. The highest BCUT2D eigenvalue weighted by Crippen LogP contribution is 2.32. The fourth-order valence-electron chi connectivity index (χ4n) is 2.77. The number of carbonyl (C=O) groups is 1. The van der Waals surface area contributed by atoms with E-state index in [1.165, 1.54) is 4.57 Å². The summed E-state index contributed by atoms with van der Waals surface area (Å²) in [5.41, 5.74) is -0.198. The van der Waals surface area contributed by atoms with Crippen molar-refractivity contribution in [3.05, 3.63) is 57.8 Å². The Labute approximate surface area is 133 Å². The minimum Gasteiger partial charge on any atom is -0.481 e. The van der Waals surface area contributed by atoms with Crippen LogP contribution in [0.3, 0.4) is 0 Å². The monoisotopic (exact) mass is 314 g/mol. The molecule has 2 heterocycles. The van der Waals surface area contributed by atoms with E-state index in [0.717, 1.165) is 12.0 Å². The molecule has 1 aromatic carbocycles. The molecule has 0 saturated heterocycles. The molecule has 0 fully saturated rings. The van der Waals surface area contributed by atoms with E-state index in [9.17, 15) is 14.7 Å². The highest BCUT2D eigenvalue weighted by molar-refractivity contribution is 5.88. The summed E-state index contributed by atoms with van der Waals surface area (Å²) in [5.74, 6) is -0.939. The van der Waals surface area contributed by atoms with Gasteiger partial charge < -0.3 is 9.84 Å². The number of hydrogen-bond acceptors (Lipinski definition) is 4. The molecule has 0 aliphatic carbocycles. The van der Waals surface area contributed by atoms with Gasteiger partial charge in [-0.3, -0.25) is 9.36 Å². The molecule has 1 aromatic heterocycles. The molecule has 0 spiro atoms. The standard InChI is InChI=1S/C17H18N2O4/c1-17(2)8-9-19-14(20)13(12(15(21)22)18-16(17)19)23-10-11-6-4-3-5-7-11/h3-7H,8-10H2,1-2H3,(H,21,22). The van der Waals surface area contributed by atoms with Gasteiger partial charge in [-0.2, -0.15) is 0 Å². The van der Waals surface area contributed by atoms with Crippen LogP contribution < -0.4 is 10.3 Å². The number of rotatable bonds is 4. The van der Waals surface area contributed by atoms with E-state index in [4.69, 9.17) is 4.74 Å². The van der Waals surface area contributed by atoms with Crippen LogP contribution in [0.5, 0.6) is 5.75 Å². The molecule has 6 nitrogen and oxygen atoms in total. The highest BCUT2D eigenvalue weighted by atomic mass is 16.5. The predicted molar refractivity (Wildman–Crippen MR) is 83.9 cm³/mol. The molecule has 0 radical (unpaired) electrons. The third-order valence-electron chi connectivity index (χ3n) is 4.12. The number of aromatic nitrogens is 2. The molecule has 2 aromatic rings. The molecule has 0 unspecified atom stereocenters. The van der Waals surface area contributed by atoms with E-state index in [1.807, 2.05) is 44.2 Å². The van der Waals surface area contributed by atoms with Crippen LogP contribution in [0.25, 0.3) is 0 Å². The lowest BCUT2D eigenvalue weighted by Gasteiger charge is -2.18. The van der Waals surface area contributed by atoms with E-state index in [0.29, 0.717) is 12.4 Å². The molecule has 1 aliphatic heterocycles. The van der Waals surface area contributed by atoms with Crippen LogP contribution in [0.2, 0.25) is 0 Å². The Morgan fingerprint density at radius 1 is 1.35 bits per heavy atom. The second-order valence-corrected chi connectivity index (χ2v) is 6.28. The van der Waals surface area contributed by atoms with Gasteiger partial charge in [0.05, 0.1) is 0 Å². The second-order valence-electron chi connectivity index (χ2n) is 6.28. The van der Waals surface area contributed by atoms with Gasteiger partial charge in [-0.25, -0.2) is 9.78 Å². The summed E-state index contributed by atoms with van der Waals surface area (Å²) < 4.78 is 7.05. The van der Waals surface area contributed by atoms with Crippen molar-refractivity contribution >= 4 is 5.97 Å². The highest BCUT2D eigenvalue weighted by Gasteiger charge is 2.35. The number of ether oxygens (including phenoxy) is 1. The SMILES string of the molecule is CC1(C)CCn2c1nc(C(=O)O)c(OCc1ccccc1)c2=O. The lowest BCUT2D eigenvalue weighted by atomic mass is 9.91. The average molecular weight is 314 g/mol. The number of benzene rings is 1. The first kappa shape index (κ1) is 15.3. The number of nitrogens with zero attached hydrogens (tertiary/aromatic N) is 2. The summed E-state index contributed by atoms with van der Waals surface area (Å²) in [6.07, 6.45) is 0.746. The Bertz CT molecular complexity index is 809. The van der Waals surface area contributed by atoms with Crippen LogP contribution in [0.1, 0.15) is 42.1 Å². The molecule has 0 atom stereocenters. The fourth-order valence-corrected chi connectivity index (χ4v) is 2.77. The van der Waals surface area contributed by atoms with E-state index < -0.39 is 11.5 Å². The van der Waals surface area contributed by atoms with E-state index in [1.54, 1.807) is 0 Å². The van der Waals surface area contributed by atoms with E-state index >= 15 is 0 Å². The molecular weight excluding hydrogens is 296 g/mol. The molecule has 23 heavy (non-hydrogen) atoms. The maximum atomic E-state index is 12.6. The molecule has 6 heteroatoms. The van der Waals surface area contributed by atoms with Gasteiger partial charge >= 0.3 is 5.97 Å². The van der Waals surface area contributed by atoms with Crippen LogP contribution in [0.15, 0.2) is 35.1 Å². The van der Waals surface area contributed by atoms with Crippen molar-refractivity contribution in [1.82, 2.24) is 9.55 Å². The lowest BCUT2D eigenvalue weighted by molar-refractivity contribution is 0.0683. The summed E-state index contributed by atoms with van der Waals surface area (Å²) in [7, 11) is 0. The fraction of sp³-hybridized carbons (Fsp3) is 0.353. The van der Waals surface area contributed by atoms with Gasteiger partial charge in [-0.05, 0) is 12.0 Å². The van der Waals surface area contributed by atoms with Gasteiger partial charge in [-0.1, -0.05) is 44.2 Å². The van der Waals surface area contributed by atoms with Gasteiger partial charge in [0.25, 0.3) is 5.56 Å². The Hall–Kier alpha value is -2.63. The Morgan fingerprint density at radius 3 is 2.70 bits per heavy atom. The van der Waals surface area contributed by atoms with Crippen LogP contribution in [0.4, 0.5) is 0 Å². The summed E-state index contributed by atoms with van der Waals surface area (Å²) in [6.45, 7) is 4.55. The van der Waals surface area contributed by atoms with Crippen molar-refractivity contribution in [1.29, 1.82) is 0 Å². The van der Waals surface area contributed by atoms with Crippen molar-refractivity contribution < 1.29 is 14.6 Å². The molecule has 0 amide bonds. The van der Waals surface area contributed by atoms with Crippen LogP contribution in [-0.4, -0.2) is 20.6 Å². The summed E-state index contributed by atoms with van der Waals surface area (Å²) in [6, 6.07) is 9.28. The summed E-state index contributed by atoms with van der Waals surface area (Å²) >= 11 is 0. The van der Waals surface area contributed by atoms with Crippen LogP contribution >= 0.6 is 0 Å². The molecule has 120 valence electrons. The molecule has 3 rings (SSSR count). The number of fused-ring (bicyclic) bond motifs is 1. The minimum atomic E-state index is -1.25. The molecule has 1 N–H and O–H groups in total. The zero-order valence-corrected chi connectivity index (χ0v) is 13.1. The predicted octanol–water partition coefficient (Wildman–Crippen LogP) is 2.20. The zero-order chi connectivity index (χ0) is 16.6. The summed E-state index contributed by atoms with van der Waals surface area (Å²) in [5, 5.41) is 9.40. The first-order valence-electron chi connectivity index (χ1n) is 7.45. The number of carboxylic acids is 1. The summed E-state index contributed by atoms with van der Waals surface area (Å²) in [4.78, 5) is 28.4. The largest absolute Gasteiger partial charge is 0.481 e. The first-order valence-corrected chi connectivity index (χ1v) is 7.45. The molecular formula is C17H18N2O4. The normalized spacial score (nSPS) is 15.2. The lowest BCUT2D eigenvalue weighted by Crippen LogP contribution is -2.29. The topological polar surface area (TPSA) is 81.4 Å². The maximum Gasteiger partial charge on any atom is 0.358 e.